The summed E-state index contributed by atoms with van der Waals surface area (Å²) in [5, 5.41) is 12.0. The Labute approximate surface area is 122 Å². The van der Waals surface area contributed by atoms with Crippen LogP contribution in [0, 0.1) is 5.41 Å². The largest absolute Gasteiger partial charge is 0.481 e. The van der Waals surface area contributed by atoms with Gasteiger partial charge in [-0.25, -0.2) is 4.79 Å². The van der Waals surface area contributed by atoms with Gasteiger partial charge in [0, 0.05) is 20.1 Å². The maximum Gasteiger partial charge on any atom is 0.317 e. The molecule has 0 rings (SSSR count). The lowest BCUT2D eigenvalue weighted by Crippen LogP contribution is -2.46. The predicted molar refractivity (Wildman–Crippen MR) is 79.9 cm³/mol. The number of hydrogen-bond acceptors (Lipinski definition) is 3. The van der Waals surface area contributed by atoms with E-state index in [1.54, 1.807) is 11.9 Å². The highest BCUT2D eigenvalue weighted by Gasteiger charge is 2.35. The van der Waals surface area contributed by atoms with E-state index in [-0.39, 0.29) is 12.6 Å². The van der Waals surface area contributed by atoms with Crippen molar-refractivity contribution >= 4 is 12.0 Å². The van der Waals surface area contributed by atoms with Crippen LogP contribution in [0.1, 0.15) is 33.1 Å². The molecule has 0 saturated carbocycles. The Morgan fingerprint density at radius 3 is 2.05 bits per heavy atom. The number of amides is 2. The Morgan fingerprint density at radius 2 is 1.65 bits per heavy atom. The Bertz CT molecular complexity index is 315. The van der Waals surface area contributed by atoms with Gasteiger partial charge in [0.25, 0.3) is 0 Å². The van der Waals surface area contributed by atoms with Gasteiger partial charge in [0.2, 0.25) is 0 Å². The number of carbonyl (C=O) groups excluding carboxylic acids is 1. The summed E-state index contributed by atoms with van der Waals surface area (Å²) in [6.07, 6.45) is 1.90. The van der Waals surface area contributed by atoms with Crippen molar-refractivity contribution in [2.45, 2.75) is 33.1 Å². The van der Waals surface area contributed by atoms with Crippen LogP contribution in [0.2, 0.25) is 0 Å². The summed E-state index contributed by atoms with van der Waals surface area (Å²) in [4.78, 5) is 26.9. The van der Waals surface area contributed by atoms with Crippen molar-refractivity contribution < 1.29 is 14.7 Å². The first kappa shape index (κ1) is 18.7. The molecule has 2 N–H and O–H groups in total. The summed E-state index contributed by atoms with van der Waals surface area (Å²) >= 11 is 0. The van der Waals surface area contributed by atoms with Crippen molar-refractivity contribution in [3.63, 3.8) is 0 Å². The number of nitrogens with one attached hydrogen (secondary N) is 1. The zero-order valence-electron chi connectivity index (χ0n) is 13.4. The van der Waals surface area contributed by atoms with E-state index in [0.717, 1.165) is 13.0 Å². The molecule has 6 nitrogen and oxygen atoms in total. The summed E-state index contributed by atoms with van der Waals surface area (Å²) in [6.45, 7) is 5.42. The van der Waals surface area contributed by atoms with E-state index < -0.39 is 11.4 Å². The summed E-state index contributed by atoms with van der Waals surface area (Å²) < 4.78 is 0. The maximum atomic E-state index is 11.9. The Balaban J connectivity index is 4.28. The quantitative estimate of drug-likeness (QED) is 0.673. The van der Waals surface area contributed by atoms with E-state index in [4.69, 9.17) is 0 Å². The molecular formula is C14H29N3O3. The molecule has 0 bridgehead atoms. The summed E-state index contributed by atoms with van der Waals surface area (Å²) in [6, 6.07) is -0.212. The average Bonchev–Trinajstić information content (AvgIpc) is 2.39. The highest BCUT2D eigenvalue weighted by molar-refractivity contribution is 5.78. The molecule has 0 aromatic rings. The monoisotopic (exact) mass is 287 g/mol. The molecule has 0 unspecified atom stereocenters. The molecule has 2 amide bonds. The molecule has 0 fully saturated rings. The second kappa shape index (κ2) is 8.79. The van der Waals surface area contributed by atoms with Gasteiger partial charge in [-0.2, -0.15) is 0 Å². The molecule has 0 aromatic carbocycles. The lowest BCUT2D eigenvalue weighted by Gasteiger charge is -2.28. The van der Waals surface area contributed by atoms with Crippen LogP contribution in [0.25, 0.3) is 0 Å². The van der Waals surface area contributed by atoms with Crippen LogP contribution >= 0.6 is 0 Å². The van der Waals surface area contributed by atoms with Crippen LogP contribution in [-0.2, 0) is 4.79 Å². The fraction of sp³-hybridized carbons (Fsp3) is 0.857. The summed E-state index contributed by atoms with van der Waals surface area (Å²) in [5.41, 5.74) is -0.861. The van der Waals surface area contributed by atoms with Crippen molar-refractivity contribution in [1.29, 1.82) is 0 Å². The molecule has 0 atom stereocenters. The van der Waals surface area contributed by atoms with Crippen molar-refractivity contribution in [2.24, 2.45) is 5.41 Å². The van der Waals surface area contributed by atoms with Crippen molar-refractivity contribution in [2.75, 3.05) is 40.8 Å². The second-order valence-electron chi connectivity index (χ2n) is 5.53. The fourth-order valence-electron chi connectivity index (χ4n) is 1.98. The van der Waals surface area contributed by atoms with E-state index in [1.165, 1.54) is 0 Å². The number of aliphatic carboxylic acids is 1. The van der Waals surface area contributed by atoms with Crippen molar-refractivity contribution in [3.8, 4) is 0 Å². The number of carboxylic acids is 1. The van der Waals surface area contributed by atoms with E-state index in [1.807, 2.05) is 27.9 Å². The van der Waals surface area contributed by atoms with Crippen LogP contribution in [0.4, 0.5) is 4.79 Å². The van der Waals surface area contributed by atoms with E-state index in [9.17, 15) is 14.7 Å². The molecule has 20 heavy (non-hydrogen) atoms. The van der Waals surface area contributed by atoms with Crippen molar-refractivity contribution in [1.82, 2.24) is 15.1 Å². The minimum Gasteiger partial charge on any atom is -0.481 e. The smallest absolute Gasteiger partial charge is 0.317 e. The van der Waals surface area contributed by atoms with Crippen LogP contribution in [0.5, 0.6) is 0 Å². The molecule has 118 valence electrons. The molecule has 0 aliphatic rings. The zero-order valence-corrected chi connectivity index (χ0v) is 13.4. The third kappa shape index (κ3) is 5.77. The minimum absolute atomic E-state index is 0.173. The molecule has 0 saturated heterocycles. The van der Waals surface area contributed by atoms with Gasteiger partial charge in [-0.15, -0.1) is 0 Å². The van der Waals surface area contributed by atoms with Gasteiger partial charge in [-0.1, -0.05) is 13.8 Å². The number of hydrogen-bond donors (Lipinski definition) is 2. The maximum absolute atomic E-state index is 11.9. The highest BCUT2D eigenvalue weighted by Crippen LogP contribution is 2.25. The van der Waals surface area contributed by atoms with Gasteiger partial charge in [0.05, 0.1) is 5.41 Å². The first-order chi connectivity index (χ1) is 9.29. The van der Waals surface area contributed by atoms with E-state index in [0.29, 0.717) is 19.4 Å². The Morgan fingerprint density at radius 1 is 1.10 bits per heavy atom. The number of urea groups is 1. The molecular weight excluding hydrogens is 258 g/mol. The van der Waals surface area contributed by atoms with Crippen LogP contribution in [0.3, 0.4) is 0 Å². The summed E-state index contributed by atoms with van der Waals surface area (Å²) in [5.74, 6) is -0.849. The van der Waals surface area contributed by atoms with Gasteiger partial charge < -0.3 is 20.2 Å². The van der Waals surface area contributed by atoms with Crippen molar-refractivity contribution in [3.05, 3.63) is 0 Å². The van der Waals surface area contributed by atoms with Crippen LogP contribution < -0.4 is 5.32 Å². The van der Waals surface area contributed by atoms with Gasteiger partial charge >= 0.3 is 12.0 Å². The minimum atomic E-state index is -0.861. The molecule has 0 spiro atoms. The van der Waals surface area contributed by atoms with Gasteiger partial charge in [-0.3, -0.25) is 4.79 Å². The SMILES string of the molecule is CCC(CC)(CNC(=O)N(C)CCCN(C)C)C(=O)O. The normalized spacial score (nSPS) is 11.5. The average molecular weight is 287 g/mol. The predicted octanol–water partition coefficient (Wildman–Crippen LogP) is 1.47. The van der Waals surface area contributed by atoms with E-state index >= 15 is 0 Å². The summed E-state index contributed by atoms with van der Waals surface area (Å²) in [7, 11) is 5.71. The Hall–Kier alpha value is -1.30. The van der Waals surface area contributed by atoms with Gasteiger partial charge in [0.15, 0.2) is 0 Å². The number of rotatable bonds is 9. The lowest BCUT2D eigenvalue weighted by molar-refractivity contribution is -0.149. The number of carbonyl (C=O) groups is 2. The molecule has 0 heterocycles. The third-order valence-electron chi connectivity index (χ3n) is 3.83. The van der Waals surface area contributed by atoms with Gasteiger partial charge in [0.1, 0.15) is 0 Å². The molecule has 0 aromatic heterocycles. The fourth-order valence-corrected chi connectivity index (χ4v) is 1.98. The van der Waals surface area contributed by atoms with Crippen LogP contribution in [-0.4, -0.2) is 67.7 Å². The zero-order chi connectivity index (χ0) is 15.8. The standard InChI is InChI=1S/C14H29N3O3/c1-6-14(7-2,12(18)19)11-15-13(20)17(5)10-8-9-16(3)4/h6-11H2,1-5H3,(H,15,20)(H,18,19). The molecule has 0 radical (unpaired) electrons. The molecule has 0 aliphatic carbocycles. The molecule has 6 heteroatoms. The third-order valence-corrected chi connectivity index (χ3v) is 3.83. The van der Waals surface area contributed by atoms with Gasteiger partial charge in [-0.05, 0) is 39.9 Å². The number of carboxylic acid groups (broad SMARTS) is 1. The lowest BCUT2D eigenvalue weighted by atomic mass is 9.82. The first-order valence-electron chi connectivity index (χ1n) is 7.16. The van der Waals surface area contributed by atoms with Crippen LogP contribution in [0.15, 0.2) is 0 Å². The molecule has 0 aliphatic heterocycles. The second-order valence-corrected chi connectivity index (χ2v) is 5.53. The first-order valence-corrected chi connectivity index (χ1v) is 7.16. The Kier molecular flexibility index (Phi) is 8.22. The topological polar surface area (TPSA) is 72.9 Å². The number of nitrogens with zero attached hydrogens (tertiary/aromatic N) is 2. The highest BCUT2D eigenvalue weighted by atomic mass is 16.4. The van der Waals surface area contributed by atoms with E-state index in [2.05, 4.69) is 10.2 Å².